The average molecular weight is 310 g/mol. The van der Waals surface area contributed by atoms with Gasteiger partial charge in [-0.25, -0.2) is 0 Å². The molecule has 0 radical (unpaired) electrons. The molecule has 114 valence electrons. The van der Waals surface area contributed by atoms with E-state index >= 15 is 0 Å². The zero-order valence-electron chi connectivity index (χ0n) is 12.1. The predicted molar refractivity (Wildman–Crippen MR) is 80.9 cm³/mol. The molecule has 0 amide bonds. The predicted octanol–water partition coefficient (Wildman–Crippen LogP) is 2.25. The third kappa shape index (κ3) is 3.93. The van der Waals surface area contributed by atoms with Crippen LogP contribution in [0.5, 0.6) is 5.75 Å². The third-order valence-corrected chi connectivity index (χ3v) is 3.84. The highest BCUT2D eigenvalue weighted by Crippen LogP contribution is 2.26. The van der Waals surface area contributed by atoms with Gasteiger partial charge in [-0.2, -0.15) is 8.42 Å². The first-order valence-corrected chi connectivity index (χ1v) is 8.26. The summed E-state index contributed by atoms with van der Waals surface area (Å²) >= 11 is 0. The van der Waals surface area contributed by atoms with Crippen LogP contribution in [0, 0.1) is 0 Å². The molecule has 0 bridgehead atoms. The van der Waals surface area contributed by atoms with Gasteiger partial charge in [0.15, 0.2) is 0 Å². The molecule has 0 spiro atoms. The van der Waals surface area contributed by atoms with Crippen molar-refractivity contribution in [3.63, 3.8) is 0 Å². The van der Waals surface area contributed by atoms with Crippen LogP contribution in [0.4, 0.5) is 0 Å². The zero-order chi connectivity index (χ0) is 15.6. The Balaban J connectivity index is 2.30. The number of hydrogen-bond donors (Lipinski definition) is 1. The van der Waals surface area contributed by atoms with E-state index in [0.717, 1.165) is 22.8 Å². The molecule has 0 aromatic heterocycles. The number of methoxy groups -OCH3 is 1. The molecule has 1 unspecified atom stereocenters. The molecule has 2 atom stereocenters. The van der Waals surface area contributed by atoms with Gasteiger partial charge >= 0.3 is 0 Å². The molecule has 0 aliphatic carbocycles. The van der Waals surface area contributed by atoms with Crippen molar-refractivity contribution >= 4 is 20.9 Å². The van der Waals surface area contributed by atoms with Crippen molar-refractivity contribution < 1.29 is 22.4 Å². The summed E-state index contributed by atoms with van der Waals surface area (Å²) in [6.07, 6.45) is -0.912. The van der Waals surface area contributed by atoms with Gasteiger partial charge < -0.3 is 9.84 Å². The minimum absolute atomic E-state index is 0.601. The second-order valence-electron chi connectivity index (χ2n) is 4.92. The van der Waals surface area contributed by atoms with Crippen LogP contribution < -0.4 is 4.74 Å². The molecule has 2 aromatic rings. The normalized spacial score (nSPS) is 14.9. The largest absolute Gasteiger partial charge is 0.497 e. The van der Waals surface area contributed by atoms with E-state index in [9.17, 15) is 13.5 Å². The van der Waals surface area contributed by atoms with Crippen LogP contribution in [0.1, 0.15) is 18.6 Å². The van der Waals surface area contributed by atoms with Crippen molar-refractivity contribution in [2.75, 3.05) is 13.4 Å². The van der Waals surface area contributed by atoms with E-state index < -0.39 is 22.3 Å². The molecule has 2 aromatic carbocycles. The summed E-state index contributed by atoms with van der Waals surface area (Å²) in [5.74, 6) is 0.754. The van der Waals surface area contributed by atoms with Crippen LogP contribution in [-0.4, -0.2) is 33.0 Å². The molecule has 0 saturated carbocycles. The van der Waals surface area contributed by atoms with Crippen molar-refractivity contribution in [3.8, 4) is 5.75 Å². The maximum Gasteiger partial charge on any atom is 0.264 e. The third-order valence-electron chi connectivity index (χ3n) is 3.18. The summed E-state index contributed by atoms with van der Waals surface area (Å²) < 4.78 is 32.2. The van der Waals surface area contributed by atoms with Crippen molar-refractivity contribution in [3.05, 3.63) is 42.0 Å². The van der Waals surface area contributed by atoms with Crippen molar-refractivity contribution in [1.82, 2.24) is 0 Å². The van der Waals surface area contributed by atoms with Crippen molar-refractivity contribution in [2.24, 2.45) is 0 Å². The minimum atomic E-state index is -3.60. The Morgan fingerprint density at radius 3 is 2.33 bits per heavy atom. The summed E-state index contributed by atoms with van der Waals surface area (Å²) in [6.45, 7) is 1.52. The number of ether oxygens (including phenoxy) is 1. The molecular formula is C15H18O5S. The van der Waals surface area contributed by atoms with Crippen LogP contribution in [0.15, 0.2) is 36.4 Å². The van der Waals surface area contributed by atoms with Crippen LogP contribution in [0.3, 0.4) is 0 Å². The lowest BCUT2D eigenvalue weighted by atomic mass is 10.0. The maximum absolute atomic E-state index is 11.1. The molecule has 0 saturated heterocycles. The van der Waals surface area contributed by atoms with Crippen molar-refractivity contribution in [1.29, 1.82) is 0 Å². The fourth-order valence-corrected chi connectivity index (χ4v) is 2.81. The van der Waals surface area contributed by atoms with Gasteiger partial charge in [0.05, 0.1) is 13.4 Å². The van der Waals surface area contributed by atoms with Gasteiger partial charge in [-0.15, -0.1) is 0 Å². The minimum Gasteiger partial charge on any atom is -0.497 e. The molecule has 6 heteroatoms. The number of rotatable bonds is 5. The van der Waals surface area contributed by atoms with E-state index in [1.807, 2.05) is 30.3 Å². The van der Waals surface area contributed by atoms with Gasteiger partial charge in [0.2, 0.25) is 0 Å². The van der Waals surface area contributed by atoms with Gasteiger partial charge in [-0.1, -0.05) is 18.2 Å². The lowest BCUT2D eigenvalue weighted by Gasteiger charge is -2.18. The van der Waals surface area contributed by atoms with Crippen LogP contribution in [0.25, 0.3) is 10.8 Å². The Morgan fingerprint density at radius 2 is 1.71 bits per heavy atom. The number of fused-ring (bicyclic) bond motifs is 1. The summed E-state index contributed by atoms with van der Waals surface area (Å²) in [7, 11) is -2.00. The summed E-state index contributed by atoms with van der Waals surface area (Å²) in [6, 6.07) is 11.0. The van der Waals surface area contributed by atoms with Crippen LogP contribution in [0.2, 0.25) is 0 Å². The number of benzene rings is 2. The van der Waals surface area contributed by atoms with E-state index in [-0.39, 0.29) is 0 Å². The Labute approximate surface area is 124 Å². The van der Waals surface area contributed by atoms with Gasteiger partial charge in [-0.05, 0) is 41.5 Å². The molecule has 21 heavy (non-hydrogen) atoms. The smallest absolute Gasteiger partial charge is 0.264 e. The Hall–Kier alpha value is -1.63. The molecule has 0 aliphatic rings. The first kappa shape index (κ1) is 15.8. The average Bonchev–Trinajstić information content (AvgIpc) is 2.43. The highest BCUT2D eigenvalue weighted by atomic mass is 32.2. The molecule has 0 heterocycles. The number of aliphatic hydroxyl groups is 1. The second kappa shape index (κ2) is 6.01. The van der Waals surface area contributed by atoms with Gasteiger partial charge in [-0.3, -0.25) is 4.18 Å². The molecule has 0 fully saturated rings. The lowest BCUT2D eigenvalue weighted by molar-refractivity contribution is 0.0515. The van der Waals surface area contributed by atoms with Crippen molar-refractivity contribution in [2.45, 2.75) is 19.1 Å². The molecule has 2 rings (SSSR count). The highest BCUT2D eigenvalue weighted by molar-refractivity contribution is 7.86. The quantitative estimate of drug-likeness (QED) is 0.858. The SMILES string of the molecule is COc1ccc2cc([C@H](O)C(C)OS(C)(=O)=O)ccc2c1. The zero-order valence-corrected chi connectivity index (χ0v) is 12.9. The van der Waals surface area contributed by atoms with Gasteiger partial charge in [0.25, 0.3) is 10.1 Å². The summed E-state index contributed by atoms with van der Waals surface area (Å²) in [5, 5.41) is 12.1. The fourth-order valence-electron chi connectivity index (χ4n) is 2.15. The van der Waals surface area contributed by atoms with Gasteiger partial charge in [0.1, 0.15) is 18.0 Å². The number of hydrogen-bond acceptors (Lipinski definition) is 5. The second-order valence-corrected chi connectivity index (χ2v) is 6.52. The summed E-state index contributed by atoms with van der Waals surface area (Å²) in [5.41, 5.74) is 0.601. The van der Waals surface area contributed by atoms with E-state index in [0.29, 0.717) is 5.56 Å². The highest BCUT2D eigenvalue weighted by Gasteiger charge is 2.21. The van der Waals surface area contributed by atoms with Crippen LogP contribution >= 0.6 is 0 Å². The molecular weight excluding hydrogens is 292 g/mol. The lowest BCUT2D eigenvalue weighted by Crippen LogP contribution is -2.21. The molecule has 0 aliphatic heterocycles. The fraction of sp³-hybridized carbons (Fsp3) is 0.333. The Kier molecular flexibility index (Phi) is 4.51. The maximum atomic E-state index is 11.1. The van der Waals surface area contributed by atoms with E-state index in [4.69, 9.17) is 8.92 Å². The van der Waals surface area contributed by atoms with E-state index in [1.54, 1.807) is 13.2 Å². The Bertz CT molecular complexity index is 739. The molecule has 1 N–H and O–H groups in total. The topological polar surface area (TPSA) is 72.8 Å². The molecule has 5 nitrogen and oxygen atoms in total. The van der Waals surface area contributed by atoms with Crippen LogP contribution in [-0.2, 0) is 14.3 Å². The monoisotopic (exact) mass is 310 g/mol. The van der Waals surface area contributed by atoms with E-state index in [2.05, 4.69) is 0 Å². The first-order valence-electron chi connectivity index (χ1n) is 6.44. The Morgan fingerprint density at radius 1 is 1.10 bits per heavy atom. The van der Waals surface area contributed by atoms with Gasteiger partial charge in [0, 0.05) is 0 Å². The summed E-state index contributed by atoms with van der Waals surface area (Å²) in [4.78, 5) is 0. The van der Waals surface area contributed by atoms with E-state index in [1.165, 1.54) is 6.92 Å². The first-order chi connectivity index (χ1) is 9.80. The number of aliphatic hydroxyl groups excluding tert-OH is 1. The standard InChI is InChI=1S/C15H18O5S/c1-10(20-21(3,17)18)15(16)13-5-4-12-9-14(19-2)7-6-11(12)8-13/h4-10,15-16H,1-3H3/t10?,15-/m1/s1.